The zero-order valence-corrected chi connectivity index (χ0v) is 25.0. The second-order valence-corrected chi connectivity index (χ2v) is 10.1. The van der Waals surface area contributed by atoms with Crippen molar-refractivity contribution in [2.45, 2.75) is 33.1 Å². The summed E-state index contributed by atoms with van der Waals surface area (Å²) in [5.41, 5.74) is 8.53. The van der Waals surface area contributed by atoms with E-state index in [2.05, 4.69) is 48.6 Å². The van der Waals surface area contributed by atoms with Gasteiger partial charge < -0.3 is 19.3 Å². The Hall–Kier alpha value is -4.15. The summed E-state index contributed by atoms with van der Waals surface area (Å²) in [5, 5.41) is 9.36. The Morgan fingerprint density at radius 3 is 1.35 bits per heavy atom. The Bertz CT molecular complexity index is 1620. The Morgan fingerprint density at radius 2 is 0.950 bits per heavy atom. The van der Waals surface area contributed by atoms with Crippen LogP contribution in [0.15, 0.2) is 97.1 Å². The molecule has 6 nitrogen and oxygen atoms in total. The molecule has 0 aliphatic rings. The molecule has 40 heavy (non-hydrogen) atoms. The van der Waals surface area contributed by atoms with Crippen LogP contribution in [0, 0.1) is 26.2 Å². The summed E-state index contributed by atoms with van der Waals surface area (Å²) in [6, 6.07) is 32.2. The van der Waals surface area contributed by atoms with E-state index in [4.69, 9.17) is 9.97 Å². The summed E-state index contributed by atoms with van der Waals surface area (Å²) in [7, 11) is 0. The molecular weight excluding hydrogens is 675 g/mol. The van der Waals surface area contributed by atoms with Crippen LogP contribution in [0.4, 0.5) is 0 Å². The van der Waals surface area contributed by atoms with Gasteiger partial charge in [-0.15, -0.1) is 0 Å². The zero-order chi connectivity index (χ0) is 27.0. The van der Waals surface area contributed by atoms with Gasteiger partial charge in [0.25, 0.3) is 0 Å². The predicted octanol–water partition coefficient (Wildman–Crippen LogP) is 6.72. The molecule has 0 saturated carbocycles. The van der Waals surface area contributed by atoms with Gasteiger partial charge in [0, 0.05) is 16.8 Å². The third kappa shape index (κ3) is 5.19. The quantitative estimate of drug-likeness (QED) is 0.181. The number of benzene rings is 2. The fourth-order valence-electron chi connectivity index (χ4n) is 4.67. The molecule has 0 amide bonds. The van der Waals surface area contributed by atoms with Crippen molar-refractivity contribution in [2.75, 3.05) is 0 Å². The van der Waals surface area contributed by atoms with Crippen molar-refractivity contribution in [3.63, 3.8) is 0 Å². The van der Waals surface area contributed by atoms with Crippen LogP contribution in [0.25, 0.3) is 33.9 Å². The van der Waals surface area contributed by atoms with Crippen LogP contribution in [-0.2, 0) is 26.5 Å². The fourth-order valence-corrected chi connectivity index (χ4v) is 4.67. The van der Waals surface area contributed by atoms with Crippen molar-refractivity contribution in [3.05, 3.63) is 132 Å². The number of hydrogen-bond acceptors (Lipinski definition) is 4. The van der Waals surface area contributed by atoms with Crippen molar-refractivity contribution >= 4 is 0 Å². The molecule has 0 N–H and O–H groups in total. The summed E-state index contributed by atoms with van der Waals surface area (Å²) in [4.78, 5) is 10.1. The van der Waals surface area contributed by atoms with E-state index >= 15 is 0 Å². The zero-order valence-electron chi connectivity index (χ0n) is 22.7. The summed E-state index contributed by atoms with van der Waals surface area (Å²) < 4.78 is 3.56. The van der Waals surface area contributed by atoms with E-state index in [-0.39, 0.29) is 21.1 Å². The van der Waals surface area contributed by atoms with Crippen LogP contribution in [0.2, 0.25) is 0 Å². The van der Waals surface area contributed by atoms with Gasteiger partial charge in [0.05, 0.1) is 0 Å². The molecule has 4 aromatic heterocycles. The molecule has 0 unspecified atom stereocenters. The average molecular weight is 704 g/mol. The molecule has 0 fully saturated rings. The van der Waals surface area contributed by atoms with Gasteiger partial charge in [-0.2, -0.15) is 0 Å². The van der Waals surface area contributed by atoms with Gasteiger partial charge in [-0.25, -0.2) is 10.2 Å². The average Bonchev–Trinajstić information content (AvgIpc) is 3.57. The molecule has 0 aliphatic heterocycles. The largest absolute Gasteiger partial charge is 2.00 e. The topological polar surface area (TPSA) is 61.4 Å². The fraction of sp³-hybridized carbons (Fsp3) is 0.152. The smallest absolute Gasteiger partial charge is 0.328 e. The van der Waals surface area contributed by atoms with Crippen LogP contribution in [0.5, 0.6) is 0 Å². The van der Waals surface area contributed by atoms with Gasteiger partial charge in [0.15, 0.2) is 0 Å². The van der Waals surface area contributed by atoms with Crippen molar-refractivity contribution in [1.29, 1.82) is 0 Å². The molecule has 0 atom stereocenters. The standard InChI is InChI=1S/C33H28N6.Pt/c1-23-27(21-38(36-23)25-13-7-5-8-14-25)29-17-11-19-31(34-29)33(3,4)32-20-12-18-30(35-32)28-22-39(37-24(28)2)26-15-9-6-10-16-26;/h5-20H,1-4H3;/q-2;+2. The molecule has 6 aromatic rings. The number of pyridine rings is 2. The third-order valence-corrected chi connectivity index (χ3v) is 6.95. The Labute approximate surface area is 249 Å². The van der Waals surface area contributed by atoms with Gasteiger partial charge in [-0.1, -0.05) is 110 Å². The number of hydrogen-bond donors (Lipinski definition) is 0. The molecule has 0 spiro atoms. The minimum atomic E-state index is -0.446. The molecule has 2 aromatic carbocycles. The van der Waals surface area contributed by atoms with E-state index in [9.17, 15) is 0 Å². The summed E-state index contributed by atoms with van der Waals surface area (Å²) in [6.07, 6.45) is 6.80. The van der Waals surface area contributed by atoms with Crippen molar-refractivity contribution < 1.29 is 21.1 Å². The summed E-state index contributed by atoms with van der Waals surface area (Å²) in [5.74, 6) is 0. The van der Waals surface area contributed by atoms with E-state index in [0.29, 0.717) is 0 Å². The molecule has 0 bridgehead atoms. The molecule has 0 aliphatic carbocycles. The Balaban J connectivity index is 0.00000323. The third-order valence-electron chi connectivity index (χ3n) is 6.95. The molecule has 200 valence electrons. The molecule has 6 rings (SSSR count). The Morgan fingerprint density at radius 1 is 0.550 bits per heavy atom. The first-order valence-corrected chi connectivity index (χ1v) is 12.9. The number of para-hydroxylation sites is 2. The van der Waals surface area contributed by atoms with Crippen LogP contribution in [0.1, 0.15) is 36.6 Å². The van der Waals surface area contributed by atoms with E-state index in [1.54, 1.807) is 9.36 Å². The van der Waals surface area contributed by atoms with Gasteiger partial charge in [-0.05, 0) is 72.5 Å². The van der Waals surface area contributed by atoms with Gasteiger partial charge >= 0.3 is 21.1 Å². The minimum Gasteiger partial charge on any atom is -0.328 e. The first kappa shape index (κ1) is 27.4. The van der Waals surface area contributed by atoms with Crippen LogP contribution in [-0.4, -0.2) is 29.5 Å². The SMILES string of the molecule is Cc1nn(-c2ccccc2)[c-]c1-c1cccc(C(C)(C)c2cccc(-c3[c-]n(-c4ccccc4)nc3C)n2)n1.[Pt+2]. The maximum atomic E-state index is 5.07. The van der Waals surface area contributed by atoms with E-state index in [1.807, 2.05) is 98.8 Å². The van der Waals surface area contributed by atoms with E-state index < -0.39 is 5.41 Å². The van der Waals surface area contributed by atoms with Crippen molar-refractivity contribution in [2.24, 2.45) is 0 Å². The molecule has 0 saturated heterocycles. The minimum absolute atomic E-state index is 0. The maximum Gasteiger partial charge on any atom is 2.00 e. The Kier molecular flexibility index (Phi) is 7.64. The second-order valence-electron chi connectivity index (χ2n) is 10.1. The van der Waals surface area contributed by atoms with E-state index in [1.165, 1.54) is 0 Å². The number of aryl methyl sites for hydroxylation is 2. The molecular formula is C33H28N6Pt. The van der Waals surface area contributed by atoms with Crippen molar-refractivity contribution in [1.82, 2.24) is 29.5 Å². The molecule has 4 heterocycles. The van der Waals surface area contributed by atoms with E-state index in [0.717, 1.165) is 56.7 Å². The van der Waals surface area contributed by atoms with Gasteiger partial charge in [-0.3, -0.25) is 0 Å². The molecule has 0 radical (unpaired) electrons. The van der Waals surface area contributed by atoms with Gasteiger partial charge in [0.2, 0.25) is 0 Å². The summed E-state index contributed by atoms with van der Waals surface area (Å²) >= 11 is 0. The number of aromatic nitrogens is 6. The van der Waals surface area contributed by atoms with Crippen LogP contribution < -0.4 is 0 Å². The first-order chi connectivity index (χ1) is 18.9. The van der Waals surface area contributed by atoms with Crippen molar-refractivity contribution in [3.8, 4) is 33.9 Å². The maximum absolute atomic E-state index is 5.07. The predicted molar refractivity (Wildman–Crippen MR) is 153 cm³/mol. The van der Waals surface area contributed by atoms with Crippen LogP contribution in [0.3, 0.4) is 0 Å². The summed E-state index contributed by atoms with van der Waals surface area (Å²) in [6.45, 7) is 8.28. The first-order valence-electron chi connectivity index (χ1n) is 12.9. The number of nitrogens with zero attached hydrogens (tertiary/aromatic N) is 6. The number of rotatable bonds is 6. The molecule has 7 heteroatoms. The second kappa shape index (κ2) is 11.1. The monoisotopic (exact) mass is 703 g/mol. The van der Waals surface area contributed by atoms with Gasteiger partial charge in [0.1, 0.15) is 0 Å². The normalized spacial score (nSPS) is 11.3. The van der Waals surface area contributed by atoms with Crippen LogP contribution >= 0.6 is 0 Å².